The fourth-order valence-electron chi connectivity index (χ4n) is 2.39. The van der Waals surface area contributed by atoms with Crippen molar-refractivity contribution in [2.45, 2.75) is 19.8 Å². The molecule has 1 N–H and O–H groups in total. The number of carbonyl (C=O) groups is 2. The molecule has 7 nitrogen and oxygen atoms in total. The quantitative estimate of drug-likeness (QED) is 0.919. The Hall–Kier alpha value is -2.31. The van der Waals surface area contributed by atoms with E-state index in [0.29, 0.717) is 31.3 Å². The number of carbonyl (C=O) groups excluding carboxylic acids is 2. The number of ether oxygens (including phenoxy) is 2. The van der Waals surface area contributed by atoms with Crippen LogP contribution in [0.15, 0.2) is 18.3 Å². The summed E-state index contributed by atoms with van der Waals surface area (Å²) in [5, 5.41) is 2.82. The average Bonchev–Trinajstić information content (AvgIpc) is 2.56. The molecule has 1 aliphatic heterocycles. The largest absolute Gasteiger partial charge is 0.481 e. The van der Waals surface area contributed by atoms with Gasteiger partial charge in [-0.25, -0.2) is 9.78 Å². The predicted molar refractivity (Wildman–Crippen MR) is 80.7 cm³/mol. The minimum atomic E-state index is -0.355. The minimum absolute atomic E-state index is 0.110. The Bertz CT molecular complexity index is 518. The van der Waals surface area contributed by atoms with E-state index in [1.807, 2.05) is 0 Å². The van der Waals surface area contributed by atoms with Crippen LogP contribution in [0.4, 0.5) is 10.5 Å². The number of rotatable bonds is 4. The summed E-state index contributed by atoms with van der Waals surface area (Å²) in [4.78, 5) is 29.7. The van der Waals surface area contributed by atoms with Crippen molar-refractivity contribution < 1.29 is 19.1 Å². The monoisotopic (exact) mass is 307 g/mol. The molecule has 1 fully saturated rings. The van der Waals surface area contributed by atoms with Crippen LogP contribution in [0.1, 0.15) is 19.8 Å². The van der Waals surface area contributed by atoms with Crippen LogP contribution >= 0.6 is 0 Å². The van der Waals surface area contributed by atoms with E-state index in [1.165, 1.54) is 7.11 Å². The molecule has 2 amide bonds. The Labute approximate surface area is 129 Å². The zero-order valence-corrected chi connectivity index (χ0v) is 12.9. The van der Waals surface area contributed by atoms with Crippen molar-refractivity contribution in [3.8, 4) is 5.88 Å². The van der Waals surface area contributed by atoms with E-state index in [9.17, 15) is 9.59 Å². The number of hydrogen-bond acceptors (Lipinski definition) is 5. The minimum Gasteiger partial charge on any atom is -0.481 e. The number of aromatic nitrogens is 1. The number of hydrogen-bond donors (Lipinski definition) is 1. The van der Waals surface area contributed by atoms with Gasteiger partial charge in [0.25, 0.3) is 0 Å². The molecule has 0 aliphatic carbocycles. The fraction of sp³-hybridized carbons (Fsp3) is 0.533. The Balaban J connectivity index is 1.92. The van der Waals surface area contributed by atoms with Crippen LogP contribution in [0.3, 0.4) is 0 Å². The second-order valence-electron chi connectivity index (χ2n) is 5.06. The van der Waals surface area contributed by atoms with Gasteiger partial charge in [0.1, 0.15) is 0 Å². The predicted octanol–water partition coefficient (Wildman–Crippen LogP) is 1.90. The maximum Gasteiger partial charge on any atom is 0.409 e. The van der Waals surface area contributed by atoms with Crippen LogP contribution in [0, 0.1) is 5.92 Å². The van der Waals surface area contributed by atoms with Gasteiger partial charge < -0.3 is 19.7 Å². The summed E-state index contributed by atoms with van der Waals surface area (Å²) in [6.07, 6.45) is 2.73. The second-order valence-corrected chi connectivity index (χ2v) is 5.06. The summed E-state index contributed by atoms with van der Waals surface area (Å²) < 4.78 is 9.96. The number of nitrogens with one attached hydrogen (secondary N) is 1. The molecule has 1 saturated heterocycles. The van der Waals surface area contributed by atoms with Crippen molar-refractivity contribution in [1.82, 2.24) is 9.88 Å². The Kier molecular flexibility index (Phi) is 5.57. The topological polar surface area (TPSA) is 80.8 Å². The van der Waals surface area contributed by atoms with Crippen LogP contribution in [0.2, 0.25) is 0 Å². The molecule has 0 radical (unpaired) electrons. The van der Waals surface area contributed by atoms with Crippen molar-refractivity contribution in [3.05, 3.63) is 18.3 Å². The first-order valence-electron chi connectivity index (χ1n) is 7.36. The van der Waals surface area contributed by atoms with E-state index in [-0.39, 0.29) is 17.9 Å². The molecule has 1 aliphatic rings. The van der Waals surface area contributed by atoms with E-state index < -0.39 is 0 Å². The van der Waals surface area contributed by atoms with Gasteiger partial charge in [0.15, 0.2) is 0 Å². The summed E-state index contributed by atoms with van der Waals surface area (Å²) >= 11 is 0. The van der Waals surface area contributed by atoms with Gasteiger partial charge in [0, 0.05) is 19.2 Å². The Morgan fingerprint density at radius 2 is 2.27 bits per heavy atom. The first-order valence-corrected chi connectivity index (χ1v) is 7.36. The summed E-state index contributed by atoms with van der Waals surface area (Å²) in [5.74, 6) is 0.144. The number of pyridine rings is 1. The molecule has 0 unspecified atom stereocenters. The van der Waals surface area contributed by atoms with Crippen LogP contribution in [-0.2, 0) is 9.53 Å². The standard InChI is InChI=1S/C15H21N3O4/c1-3-22-15(20)18-8-4-5-11(10-18)14(19)17-12-6-7-13(21-2)16-9-12/h6-7,9,11H,3-5,8,10H2,1-2H3,(H,17,19)/t11-/m1/s1. The molecular weight excluding hydrogens is 286 g/mol. The highest BCUT2D eigenvalue weighted by Crippen LogP contribution is 2.20. The van der Waals surface area contributed by atoms with Crippen LogP contribution in [0.25, 0.3) is 0 Å². The van der Waals surface area contributed by atoms with Crippen LogP contribution in [0.5, 0.6) is 5.88 Å². The lowest BCUT2D eigenvalue weighted by Gasteiger charge is -2.31. The number of methoxy groups -OCH3 is 1. The molecule has 1 atom stereocenters. The maximum atomic E-state index is 12.3. The lowest BCUT2D eigenvalue weighted by molar-refractivity contribution is -0.121. The molecule has 2 rings (SSSR count). The molecule has 1 aromatic heterocycles. The van der Waals surface area contributed by atoms with Crippen molar-refractivity contribution in [2.75, 3.05) is 32.1 Å². The number of piperidine rings is 1. The van der Waals surface area contributed by atoms with Gasteiger partial charge in [-0.2, -0.15) is 0 Å². The normalized spacial score (nSPS) is 17.7. The van der Waals surface area contributed by atoms with Crippen molar-refractivity contribution in [2.24, 2.45) is 5.92 Å². The molecule has 22 heavy (non-hydrogen) atoms. The van der Waals surface area contributed by atoms with Crippen molar-refractivity contribution in [1.29, 1.82) is 0 Å². The highest BCUT2D eigenvalue weighted by atomic mass is 16.6. The van der Waals surface area contributed by atoms with Gasteiger partial charge in [0.05, 0.1) is 31.5 Å². The zero-order chi connectivity index (χ0) is 15.9. The summed E-state index contributed by atoms with van der Waals surface area (Å²) in [6.45, 7) is 3.12. The molecule has 0 bridgehead atoms. The highest BCUT2D eigenvalue weighted by Gasteiger charge is 2.29. The van der Waals surface area contributed by atoms with E-state index in [0.717, 1.165) is 12.8 Å². The first-order chi connectivity index (χ1) is 10.6. The number of likely N-dealkylation sites (tertiary alicyclic amines) is 1. The van der Waals surface area contributed by atoms with E-state index in [1.54, 1.807) is 30.2 Å². The van der Waals surface area contributed by atoms with Gasteiger partial charge in [-0.3, -0.25) is 4.79 Å². The van der Waals surface area contributed by atoms with Crippen molar-refractivity contribution >= 4 is 17.7 Å². The van der Waals surface area contributed by atoms with Crippen LogP contribution < -0.4 is 10.1 Å². The lowest BCUT2D eigenvalue weighted by Crippen LogP contribution is -2.44. The highest BCUT2D eigenvalue weighted by molar-refractivity contribution is 5.92. The fourth-order valence-corrected chi connectivity index (χ4v) is 2.39. The van der Waals surface area contributed by atoms with Crippen LogP contribution in [-0.4, -0.2) is 48.7 Å². The second kappa shape index (κ2) is 7.63. The van der Waals surface area contributed by atoms with Crippen molar-refractivity contribution in [3.63, 3.8) is 0 Å². The third kappa shape index (κ3) is 4.09. The van der Waals surface area contributed by atoms with E-state index >= 15 is 0 Å². The maximum absolute atomic E-state index is 12.3. The molecule has 0 spiro atoms. The third-order valence-electron chi connectivity index (χ3n) is 3.53. The Morgan fingerprint density at radius 1 is 1.45 bits per heavy atom. The number of nitrogens with zero attached hydrogens (tertiary/aromatic N) is 2. The Morgan fingerprint density at radius 3 is 2.91 bits per heavy atom. The lowest BCUT2D eigenvalue weighted by atomic mass is 9.97. The summed E-state index contributed by atoms with van der Waals surface area (Å²) in [6, 6.07) is 3.41. The molecule has 2 heterocycles. The smallest absolute Gasteiger partial charge is 0.409 e. The van der Waals surface area contributed by atoms with Gasteiger partial charge in [0.2, 0.25) is 11.8 Å². The molecule has 1 aromatic rings. The van der Waals surface area contributed by atoms with Gasteiger partial charge >= 0.3 is 6.09 Å². The van der Waals surface area contributed by atoms with Gasteiger partial charge in [-0.15, -0.1) is 0 Å². The molecule has 0 aromatic carbocycles. The molecule has 0 saturated carbocycles. The summed E-state index contributed by atoms with van der Waals surface area (Å²) in [7, 11) is 1.53. The van der Waals surface area contributed by atoms with Gasteiger partial charge in [-0.1, -0.05) is 0 Å². The zero-order valence-electron chi connectivity index (χ0n) is 12.9. The molecular formula is C15H21N3O4. The van der Waals surface area contributed by atoms with E-state index in [4.69, 9.17) is 9.47 Å². The number of amides is 2. The first kappa shape index (κ1) is 16.1. The number of anilines is 1. The molecule has 120 valence electrons. The van der Waals surface area contributed by atoms with Gasteiger partial charge in [-0.05, 0) is 25.8 Å². The molecule has 7 heteroatoms. The third-order valence-corrected chi connectivity index (χ3v) is 3.53. The average molecular weight is 307 g/mol. The van der Waals surface area contributed by atoms with E-state index in [2.05, 4.69) is 10.3 Å². The SMILES string of the molecule is CCOC(=O)N1CCC[C@@H](C(=O)Nc2ccc(OC)nc2)C1. The summed E-state index contributed by atoms with van der Waals surface area (Å²) in [5.41, 5.74) is 0.610.